The van der Waals surface area contributed by atoms with E-state index in [1.54, 1.807) is 30.3 Å². The van der Waals surface area contributed by atoms with Gasteiger partial charge in [0.25, 0.3) is 0 Å². The van der Waals surface area contributed by atoms with Crippen molar-refractivity contribution in [3.8, 4) is 0 Å². The Morgan fingerprint density at radius 1 is 1.24 bits per heavy atom. The topological polar surface area (TPSA) is 101 Å². The number of hydrogen-bond acceptors (Lipinski definition) is 4. The summed E-state index contributed by atoms with van der Waals surface area (Å²) in [4.78, 5) is 22.7. The first-order valence-corrected chi connectivity index (χ1v) is 8.33. The third-order valence-corrected chi connectivity index (χ3v) is 4.78. The van der Waals surface area contributed by atoms with Crippen LogP contribution in [0.4, 0.5) is 0 Å². The van der Waals surface area contributed by atoms with Crippen molar-refractivity contribution in [2.24, 2.45) is 0 Å². The van der Waals surface area contributed by atoms with Gasteiger partial charge >= 0.3 is 5.97 Å². The molecule has 0 heterocycles. The summed E-state index contributed by atoms with van der Waals surface area (Å²) in [5.41, 5.74) is 0.599. The van der Waals surface area contributed by atoms with E-state index in [0.29, 0.717) is 18.5 Å². The number of rotatable bonds is 8. The lowest BCUT2D eigenvalue weighted by molar-refractivity contribution is -0.136. The lowest BCUT2D eigenvalue weighted by Gasteiger charge is -2.13. The molecule has 0 fully saturated rings. The molecule has 2 N–H and O–H groups in total. The molecule has 6 nitrogen and oxygen atoms in total. The Balaban J connectivity index is 2.84. The Hall–Kier alpha value is -1.89. The number of nitrogens with one attached hydrogen (secondary N) is 1. The summed E-state index contributed by atoms with van der Waals surface area (Å²) in [5, 5.41) is 9.97. The first-order valence-electron chi connectivity index (χ1n) is 6.61. The van der Waals surface area contributed by atoms with Gasteiger partial charge in [-0.1, -0.05) is 37.3 Å². The van der Waals surface area contributed by atoms with Crippen molar-refractivity contribution in [1.29, 1.82) is 0 Å². The molecule has 0 aliphatic carbocycles. The van der Waals surface area contributed by atoms with E-state index in [2.05, 4.69) is 5.32 Å². The molecule has 1 atom stereocenters. The molecule has 1 rings (SSSR count). The summed E-state index contributed by atoms with van der Waals surface area (Å²) in [6.07, 6.45) is 0.526. The number of carboxylic acid groups (broad SMARTS) is 1. The van der Waals surface area contributed by atoms with Crippen molar-refractivity contribution >= 4 is 21.7 Å². The fourth-order valence-electron chi connectivity index (χ4n) is 1.79. The maximum atomic E-state index is 12.1. The quantitative estimate of drug-likeness (QED) is 0.733. The molecular formula is C14H19NO5S. The van der Waals surface area contributed by atoms with E-state index in [9.17, 15) is 18.0 Å². The summed E-state index contributed by atoms with van der Waals surface area (Å²) >= 11 is 0. The van der Waals surface area contributed by atoms with Crippen LogP contribution in [0, 0.1) is 0 Å². The highest BCUT2D eigenvalue weighted by molar-refractivity contribution is 7.93. The molecule has 0 aromatic heterocycles. The van der Waals surface area contributed by atoms with E-state index in [4.69, 9.17) is 5.11 Å². The molecule has 1 aromatic carbocycles. The number of aliphatic carboxylic acids is 1. The number of hydrogen-bond donors (Lipinski definition) is 2. The van der Waals surface area contributed by atoms with Gasteiger partial charge in [-0.3, -0.25) is 9.59 Å². The monoisotopic (exact) mass is 313 g/mol. The third kappa shape index (κ3) is 5.55. The van der Waals surface area contributed by atoms with Gasteiger partial charge in [-0.05, 0) is 18.4 Å². The molecule has 0 saturated heterocycles. The predicted molar refractivity (Wildman–Crippen MR) is 78.7 cm³/mol. The number of carbonyl (C=O) groups is 2. The molecular weight excluding hydrogens is 294 g/mol. The van der Waals surface area contributed by atoms with Gasteiger partial charge in [0.15, 0.2) is 15.1 Å². The Bertz CT molecular complexity index is 583. The van der Waals surface area contributed by atoms with Crippen LogP contribution in [0.2, 0.25) is 0 Å². The second-order valence-corrected chi connectivity index (χ2v) is 6.86. The summed E-state index contributed by atoms with van der Waals surface area (Å²) in [6.45, 7) is 2.20. The van der Waals surface area contributed by atoms with Crippen molar-refractivity contribution in [2.75, 3.05) is 12.3 Å². The van der Waals surface area contributed by atoms with Gasteiger partial charge in [0.2, 0.25) is 5.91 Å². The number of amides is 1. The second kappa shape index (κ2) is 7.78. The Kier molecular flexibility index (Phi) is 6.36. The largest absolute Gasteiger partial charge is 0.480 e. The van der Waals surface area contributed by atoms with Crippen LogP contribution in [-0.4, -0.2) is 42.9 Å². The van der Waals surface area contributed by atoms with Gasteiger partial charge in [0.1, 0.15) is 5.75 Å². The van der Waals surface area contributed by atoms with E-state index in [-0.39, 0.29) is 6.42 Å². The minimum Gasteiger partial charge on any atom is -0.480 e. The standard InChI is InChI=1S/C14H19NO5S/c1-2-8-15-13(16)10-21(19,20)12(14(17)18)9-11-6-4-3-5-7-11/h3-7,12H,2,8-10H2,1H3,(H,15,16)(H,17,18). The minimum absolute atomic E-state index is 0.153. The van der Waals surface area contributed by atoms with E-state index in [1.807, 2.05) is 6.92 Å². The molecule has 0 spiro atoms. The molecule has 116 valence electrons. The van der Waals surface area contributed by atoms with Crippen LogP contribution >= 0.6 is 0 Å². The number of sulfone groups is 1. The second-order valence-electron chi connectivity index (χ2n) is 4.67. The smallest absolute Gasteiger partial charge is 0.322 e. The molecule has 1 aromatic rings. The van der Waals surface area contributed by atoms with Gasteiger partial charge in [0.05, 0.1) is 0 Å². The van der Waals surface area contributed by atoms with Gasteiger partial charge in [0, 0.05) is 6.54 Å². The van der Waals surface area contributed by atoms with Crippen molar-refractivity contribution < 1.29 is 23.1 Å². The van der Waals surface area contributed by atoms with Crippen LogP contribution in [0.25, 0.3) is 0 Å². The Morgan fingerprint density at radius 2 is 1.86 bits per heavy atom. The lowest BCUT2D eigenvalue weighted by Crippen LogP contribution is -2.39. The summed E-state index contributed by atoms with van der Waals surface area (Å²) in [6, 6.07) is 8.47. The van der Waals surface area contributed by atoms with Crippen molar-refractivity contribution in [1.82, 2.24) is 5.32 Å². The number of benzene rings is 1. The van der Waals surface area contributed by atoms with E-state index in [1.165, 1.54) is 0 Å². The zero-order chi connectivity index (χ0) is 15.9. The molecule has 21 heavy (non-hydrogen) atoms. The molecule has 0 saturated carbocycles. The molecule has 7 heteroatoms. The highest BCUT2D eigenvalue weighted by Crippen LogP contribution is 2.12. The molecule has 0 radical (unpaired) electrons. The first-order chi connectivity index (χ1) is 9.86. The zero-order valence-corrected chi connectivity index (χ0v) is 12.6. The Labute approximate surface area is 124 Å². The average molecular weight is 313 g/mol. The van der Waals surface area contributed by atoms with Crippen LogP contribution < -0.4 is 5.32 Å². The average Bonchev–Trinajstić information content (AvgIpc) is 2.42. The van der Waals surface area contributed by atoms with Gasteiger partial charge < -0.3 is 10.4 Å². The highest BCUT2D eigenvalue weighted by Gasteiger charge is 2.34. The van der Waals surface area contributed by atoms with Crippen molar-refractivity contribution in [3.05, 3.63) is 35.9 Å². The summed E-state index contributed by atoms with van der Waals surface area (Å²) in [5.74, 6) is -2.92. The maximum absolute atomic E-state index is 12.1. The van der Waals surface area contributed by atoms with Crippen molar-refractivity contribution in [2.45, 2.75) is 25.0 Å². The van der Waals surface area contributed by atoms with E-state index in [0.717, 1.165) is 0 Å². The Morgan fingerprint density at radius 3 is 2.38 bits per heavy atom. The van der Waals surface area contributed by atoms with Crippen LogP contribution in [0.3, 0.4) is 0 Å². The predicted octanol–water partition coefficient (Wildman–Crippen LogP) is 0.623. The fourth-order valence-corrected chi connectivity index (χ4v) is 3.22. The molecule has 0 aliphatic rings. The summed E-state index contributed by atoms with van der Waals surface area (Å²) < 4.78 is 24.2. The van der Waals surface area contributed by atoms with Crippen molar-refractivity contribution in [3.63, 3.8) is 0 Å². The van der Waals surface area contributed by atoms with Gasteiger partial charge in [-0.2, -0.15) is 0 Å². The number of carboxylic acids is 1. The van der Waals surface area contributed by atoms with Crippen LogP contribution in [0.15, 0.2) is 30.3 Å². The number of carbonyl (C=O) groups excluding carboxylic acids is 1. The van der Waals surface area contributed by atoms with Gasteiger partial charge in [-0.25, -0.2) is 8.42 Å². The summed E-state index contributed by atoms with van der Waals surface area (Å²) in [7, 11) is -4.06. The zero-order valence-electron chi connectivity index (χ0n) is 11.8. The minimum atomic E-state index is -4.06. The molecule has 1 amide bonds. The molecule has 0 aliphatic heterocycles. The van der Waals surface area contributed by atoms with Crippen LogP contribution in [0.1, 0.15) is 18.9 Å². The first kappa shape index (κ1) is 17.2. The molecule has 0 bridgehead atoms. The third-order valence-electron chi connectivity index (χ3n) is 2.88. The van der Waals surface area contributed by atoms with Crippen LogP contribution in [0.5, 0.6) is 0 Å². The van der Waals surface area contributed by atoms with Gasteiger partial charge in [-0.15, -0.1) is 0 Å². The van der Waals surface area contributed by atoms with E-state index >= 15 is 0 Å². The highest BCUT2D eigenvalue weighted by atomic mass is 32.2. The normalized spacial score (nSPS) is 12.6. The molecule has 1 unspecified atom stereocenters. The van der Waals surface area contributed by atoms with E-state index < -0.39 is 32.7 Å². The lowest BCUT2D eigenvalue weighted by atomic mass is 10.1. The maximum Gasteiger partial charge on any atom is 0.322 e. The fraction of sp³-hybridized carbons (Fsp3) is 0.429. The SMILES string of the molecule is CCCNC(=O)CS(=O)(=O)C(Cc1ccccc1)C(=O)O. The van der Waals surface area contributed by atoms with Crippen LogP contribution in [-0.2, 0) is 25.8 Å².